The van der Waals surface area contributed by atoms with Crippen molar-refractivity contribution in [1.29, 1.82) is 0 Å². The van der Waals surface area contributed by atoms with E-state index in [4.69, 9.17) is 13.7 Å². The minimum absolute atomic E-state index is 0.0113. The van der Waals surface area contributed by atoms with Crippen LogP contribution in [0.25, 0.3) is 0 Å². The van der Waals surface area contributed by atoms with Crippen molar-refractivity contribution in [3.63, 3.8) is 0 Å². The van der Waals surface area contributed by atoms with Gasteiger partial charge in [-0.1, -0.05) is 23.8 Å². The van der Waals surface area contributed by atoms with E-state index in [1.165, 1.54) is 24.3 Å². The van der Waals surface area contributed by atoms with E-state index in [-0.39, 0.29) is 29.6 Å². The number of benzene rings is 2. The van der Waals surface area contributed by atoms with Crippen LogP contribution in [0.3, 0.4) is 0 Å². The van der Waals surface area contributed by atoms with Crippen molar-refractivity contribution in [2.45, 2.75) is 17.9 Å². The molecule has 0 aromatic heterocycles. The summed E-state index contributed by atoms with van der Waals surface area (Å²) < 4.78 is 53.5. The van der Waals surface area contributed by atoms with Crippen molar-refractivity contribution in [3.05, 3.63) is 53.8 Å². The topological polar surface area (TPSA) is 61.8 Å². The summed E-state index contributed by atoms with van der Waals surface area (Å²) in [4.78, 5) is 0.0753. The molecule has 0 saturated carbocycles. The molecule has 7 heteroatoms. The van der Waals surface area contributed by atoms with Crippen molar-refractivity contribution in [2.24, 2.45) is 0 Å². The number of hydrogen-bond acceptors (Lipinski definition) is 5. The summed E-state index contributed by atoms with van der Waals surface area (Å²) in [6.07, 6.45) is -0.635. The summed E-state index contributed by atoms with van der Waals surface area (Å²) in [5.41, 5.74) is 0.951. The molecule has 0 amide bonds. The highest BCUT2D eigenvalue weighted by Gasteiger charge is 2.26. The summed E-state index contributed by atoms with van der Waals surface area (Å²) in [5, 5.41) is 0. The van der Waals surface area contributed by atoms with Crippen LogP contribution in [0.15, 0.2) is 47.4 Å². The fourth-order valence-electron chi connectivity index (χ4n) is 2.13. The molecule has 3 rings (SSSR count). The molecule has 2 aromatic carbocycles. The Kier molecular flexibility index (Phi) is 4.23. The van der Waals surface area contributed by atoms with Gasteiger partial charge in [-0.25, -0.2) is 4.39 Å². The van der Waals surface area contributed by atoms with Crippen LogP contribution in [0, 0.1) is 12.7 Å². The zero-order chi connectivity index (χ0) is 16.4. The summed E-state index contributed by atoms with van der Waals surface area (Å²) in [6, 6.07) is 10.6. The predicted octanol–water partition coefficient (Wildman–Crippen LogP) is 2.68. The van der Waals surface area contributed by atoms with Gasteiger partial charge in [-0.3, -0.25) is 4.18 Å². The first-order chi connectivity index (χ1) is 11.0. The molecule has 0 bridgehead atoms. The fourth-order valence-corrected chi connectivity index (χ4v) is 3.07. The second-order valence-electron chi connectivity index (χ2n) is 5.17. The van der Waals surface area contributed by atoms with Gasteiger partial charge >= 0.3 is 0 Å². The van der Waals surface area contributed by atoms with E-state index in [9.17, 15) is 12.8 Å². The minimum atomic E-state index is -3.87. The lowest BCUT2D eigenvalue weighted by Crippen LogP contribution is -2.34. The number of aryl methyl sites for hydroxylation is 1. The molecule has 122 valence electrons. The van der Waals surface area contributed by atoms with Gasteiger partial charge < -0.3 is 9.47 Å². The van der Waals surface area contributed by atoms with Crippen LogP contribution in [0.2, 0.25) is 0 Å². The number of rotatable bonds is 4. The summed E-state index contributed by atoms with van der Waals surface area (Å²) in [5.74, 6) is -0.253. The van der Waals surface area contributed by atoms with Gasteiger partial charge in [0.1, 0.15) is 13.2 Å². The highest BCUT2D eigenvalue weighted by molar-refractivity contribution is 7.86. The van der Waals surface area contributed by atoms with E-state index in [1.54, 1.807) is 18.2 Å². The quantitative estimate of drug-likeness (QED) is 0.802. The third kappa shape index (κ3) is 3.46. The van der Waals surface area contributed by atoms with Gasteiger partial charge in [-0.2, -0.15) is 8.42 Å². The predicted molar refractivity (Wildman–Crippen MR) is 80.6 cm³/mol. The van der Waals surface area contributed by atoms with Crippen molar-refractivity contribution < 1.29 is 26.5 Å². The molecule has 0 radical (unpaired) electrons. The molecular weight excluding hydrogens is 323 g/mol. The Bertz CT molecular complexity index is 802. The zero-order valence-electron chi connectivity index (χ0n) is 12.4. The number of halogens is 1. The molecular formula is C16H15FO5S. The van der Waals surface area contributed by atoms with Gasteiger partial charge in [-0.15, -0.1) is 0 Å². The molecule has 1 unspecified atom stereocenters. The van der Waals surface area contributed by atoms with Crippen molar-refractivity contribution in [2.75, 3.05) is 13.2 Å². The van der Waals surface area contributed by atoms with Gasteiger partial charge in [0.05, 0.1) is 4.90 Å². The average molecular weight is 338 g/mol. The third-order valence-corrected chi connectivity index (χ3v) is 4.65. The van der Waals surface area contributed by atoms with Crippen LogP contribution in [0.1, 0.15) is 5.56 Å². The van der Waals surface area contributed by atoms with Gasteiger partial charge in [0.25, 0.3) is 10.1 Å². The van der Waals surface area contributed by atoms with Crippen molar-refractivity contribution >= 4 is 10.1 Å². The van der Waals surface area contributed by atoms with E-state index in [2.05, 4.69) is 0 Å². The molecule has 1 heterocycles. The number of fused-ring (bicyclic) bond motifs is 1. The van der Waals surface area contributed by atoms with Gasteiger partial charge in [0.15, 0.2) is 23.4 Å². The number of ether oxygens (including phenoxy) is 2. The van der Waals surface area contributed by atoms with Crippen LogP contribution in [0.4, 0.5) is 4.39 Å². The second-order valence-corrected chi connectivity index (χ2v) is 6.79. The smallest absolute Gasteiger partial charge is 0.297 e. The molecule has 5 nitrogen and oxygen atoms in total. The first kappa shape index (κ1) is 15.8. The molecule has 0 fully saturated rings. The molecule has 0 aliphatic carbocycles. The first-order valence-electron chi connectivity index (χ1n) is 7.00. The van der Waals surface area contributed by atoms with Crippen LogP contribution < -0.4 is 9.47 Å². The molecule has 0 spiro atoms. The van der Waals surface area contributed by atoms with Crippen molar-refractivity contribution in [1.82, 2.24) is 0 Å². The molecule has 23 heavy (non-hydrogen) atoms. The molecule has 1 aliphatic heterocycles. The zero-order valence-corrected chi connectivity index (χ0v) is 13.2. The normalized spacial score (nSPS) is 17.0. The molecule has 0 N–H and O–H groups in total. The first-order valence-corrected chi connectivity index (χ1v) is 8.40. The van der Waals surface area contributed by atoms with Crippen LogP contribution in [-0.2, 0) is 14.3 Å². The molecule has 0 saturated heterocycles. The van der Waals surface area contributed by atoms with E-state index in [0.29, 0.717) is 0 Å². The lowest BCUT2D eigenvalue weighted by atomic mass is 10.2. The molecule has 1 aliphatic rings. The highest BCUT2D eigenvalue weighted by Crippen LogP contribution is 2.34. The van der Waals surface area contributed by atoms with E-state index >= 15 is 0 Å². The van der Waals surface area contributed by atoms with E-state index in [0.717, 1.165) is 5.56 Å². The van der Waals surface area contributed by atoms with Gasteiger partial charge in [-0.05, 0) is 31.2 Å². The Morgan fingerprint density at radius 1 is 1.22 bits per heavy atom. The van der Waals surface area contributed by atoms with Crippen LogP contribution in [0.5, 0.6) is 11.5 Å². The Labute approximate surface area is 133 Å². The van der Waals surface area contributed by atoms with E-state index < -0.39 is 22.0 Å². The number of para-hydroxylation sites is 1. The van der Waals surface area contributed by atoms with Crippen molar-refractivity contribution in [3.8, 4) is 11.5 Å². The highest BCUT2D eigenvalue weighted by atomic mass is 32.2. The van der Waals surface area contributed by atoms with E-state index in [1.807, 2.05) is 6.92 Å². The second kappa shape index (κ2) is 6.17. The maximum Gasteiger partial charge on any atom is 0.297 e. The molecule has 1 atom stereocenters. The maximum atomic E-state index is 13.5. The van der Waals surface area contributed by atoms with Gasteiger partial charge in [0.2, 0.25) is 0 Å². The van der Waals surface area contributed by atoms with Crippen LogP contribution >= 0.6 is 0 Å². The lowest BCUT2D eigenvalue weighted by molar-refractivity contribution is 0.0524. The summed E-state index contributed by atoms with van der Waals surface area (Å²) in [6.45, 7) is 1.66. The maximum absolute atomic E-state index is 13.5. The SMILES string of the molecule is Cc1ccc(S(=O)(=O)OCC2COc3c(F)cccc3O2)cc1. The minimum Gasteiger partial charge on any atom is -0.483 e. The number of hydrogen-bond donors (Lipinski definition) is 0. The Balaban J connectivity index is 1.66. The lowest BCUT2D eigenvalue weighted by Gasteiger charge is -2.26. The largest absolute Gasteiger partial charge is 0.483 e. The third-order valence-electron chi connectivity index (χ3n) is 3.36. The van der Waals surface area contributed by atoms with Gasteiger partial charge in [0, 0.05) is 0 Å². The monoisotopic (exact) mass is 338 g/mol. The Morgan fingerprint density at radius 2 is 1.96 bits per heavy atom. The Morgan fingerprint density at radius 3 is 2.70 bits per heavy atom. The Hall–Kier alpha value is -2.12. The summed E-state index contributed by atoms with van der Waals surface area (Å²) >= 11 is 0. The fraction of sp³-hybridized carbons (Fsp3) is 0.250. The average Bonchev–Trinajstić information content (AvgIpc) is 2.54. The molecule has 2 aromatic rings. The standard InChI is InChI=1S/C16H15FO5S/c1-11-5-7-13(8-6-11)23(18,19)21-10-12-9-20-16-14(17)3-2-4-15(16)22-12/h2-8,12H,9-10H2,1H3. The van der Waals surface area contributed by atoms with Crippen LogP contribution in [-0.4, -0.2) is 27.7 Å². The summed E-state index contributed by atoms with van der Waals surface area (Å²) in [7, 11) is -3.87.